The van der Waals surface area contributed by atoms with Gasteiger partial charge in [-0.3, -0.25) is 9.35 Å². The third-order valence-electron chi connectivity index (χ3n) is 5.03. The summed E-state index contributed by atoms with van der Waals surface area (Å²) in [5.74, 6) is -0.579. The molecular formula is C20H38O12S. The molecule has 0 aromatic carbocycles. The van der Waals surface area contributed by atoms with E-state index in [9.17, 15) is 28.5 Å². The van der Waals surface area contributed by atoms with Crippen molar-refractivity contribution in [1.82, 2.24) is 0 Å². The molecule has 0 radical (unpaired) electrons. The van der Waals surface area contributed by atoms with Gasteiger partial charge < -0.3 is 34.3 Å². The summed E-state index contributed by atoms with van der Waals surface area (Å²) in [6, 6.07) is 0. The molecule has 0 saturated carbocycles. The first kappa shape index (κ1) is 30.1. The van der Waals surface area contributed by atoms with Gasteiger partial charge in [-0.05, 0) is 6.42 Å². The molecule has 1 fully saturated rings. The molecule has 0 aromatic rings. The highest BCUT2D eigenvalue weighted by Crippen LogP contribution is 2.25. The number of aliphatic hydroxyl groups excluding tert-OH is 3. The smallest absolute Gasteiger partial charge is 0.397 e. The Labute approximate surface area is 195 Å². The van der Waals surface area contributed by atoms with Gasteiger partial charge in [-0.25, -0.2) is 4.18 Å². The Kier molecular flexibility index (Phi) is 14.5. The molecule has 1 rings (SSSR count). The average molecular weight is 503 g/mol. The Hall–Kier alpha value is -0.900. The lowest BCUT2D eigenvalue weighted by atomic mass is 9.99. The zero-order valence-corrected chi connectivity index (χ0v) is 20.0. The van der Waals surface area contributed by atoms with E-state index >= 15 is 0 Å². The number of rotatable bonds is 17. The van der Waals surface area contributed by atoms with E-state index in [2.05, 4.69) is 11.1 Å². The van der Waals surface area contributed by atoms with Crippen molar-refractivity contribution >= 4 is 16.4 Å². The summed E-state index contributed by atoms with van der Waals surface area (Å²) in [6.45, 7) is 2.84. The van der Waals surface area contributed by atoms with Crippen LogP contribution in [0.3, 0.4) is 0 Å². The van der Waals surface area contributed by atoms with Crippen molar-refractivity contribution < 1.29 is 56.2 Å². The fraction of sp³-hybridized carbons (Fsp3) is 0.950. The van der Waals surface area contributed by atoms with Gasteiger partial charge in [0, 0.05) is 13.5 Å². The predicted octanol–water partition coefficient (Wildman–Crippen LogP) is 0.329. The average Bonchev–Trinajstić information content (AvgIpc) is 2.73. The van der Waals surface area contributed by atoms with Crippen LogP contribution in [0.15, 0.2) is 0 Å². The summed E-state index contributed by atoms with van der Waals surface area (Å²) >= 11 is 0. The molecule has 1 aliphatic rings. The Balaban J connectivity index is 2.53. The number of carbonyl (C=O) groups excluding carboxylic acids is 1. The number of esters is 1. The van der Waals surface area contributed by atoms with Gasteiger partial charge >= 0.3 is 16.4 Å². The van der Waals surface area contributed by atoms with Crippen LogP contribution in [-0.2, 0) is 38.3 Å². The largest absolute Gasteiger partial charge is 0.458 e. The molecule has 12 nitrogen and oxygen atoms in total. The van der Waals surface area contributed by atoms with E-state index in [0.29, 0.717) is 6.61 Å². The van der Waals surface area contributed by atoms with Gasteiger partial charge in [0.25, 0.3) is 0 Å². The van der Waals surface area contributed by atoms with Gasteiger partial charge in [0.1, 0.15) is 30.5 Å². The van der Waals surface area contributed by atoms with E-state index in [1.165, 1.54) is 32.6 Å². The van der Waals surface area contributed by atoms with Crippen molar-refractivity contribution in [3.63, 3.8) is 0 Å². The first-order chi connectivity index (χ1) is 15.6. The van der Waals surface area contributed by atoms with Crippen LogP contribution in [0.4, 0.5) is 0 Å². The lowest BCUT2D eigenvalue weighted by Gasteiger charge is -2.41. The molecule has 0 amide bonds. The van der Waals surface area contributed by atoms with Gasteiger partial charge in [-0.2, -0.15) is 8.42 Å². The topological polar surface area (TPSA) is 178 Å². The van der Waals surface area contributed by atoms with Crippen molar-refractivity contribution in [3.05, 3.63) is 0 Å². The standard InChI is InChI=1S/C20H38O12S/c1-3-4-5-6-7-8-9-10-28-12-15(30-14(2)22)13-29-20-18(24)19(32-33(25,26)27)17(23)16(11-21)31-20/h15-21,23-24H,3-13H2,1-2H3,(H,25,26,27). The molecule has 6 unspecified atom stereocenters. The fourth-order valence-corrected chi connectivity index (χ4v) is 3.88. The molecule has 13 heteroatoms. The van der Waals surface area contributed by atoms with E-state index in [0.717, 1.165) is 19.3 Å². The number of unbranched alkanes of at least 4 members (excludes halogenated alkanes) is 6. The molecule has 0 aliphatic carbocycles. The minimum absolute atomic E-state index is 0.0230. The van der Waals surface area contributed by atoms with Crippen LogP contribution in [0.5, 0.6) is 0 Å². The second kappa shape index (κ2) is 15.9. The quantitative estimate of drug-likeness (QED) is 0.122. The molecule has 0 spiro atoms. The summed E-state index contributed by atoms with van der Waals surface area (Å²) in [7, 11) is -5.02. The fourth-order valence-electron chi connectivity index (χ4n) is 3.37. The molecule has 196 valence electrons. The van der Waals surface area contributed by atoms with Gasteiger partial charge in [-0.1, -0.05) is 45.4 Å². The molecule has 1 aliphatic heterocycles. The van der Waals surface area contributed by atoms with Crippen molar-refractivity contribution in [2.45, 2.75) is 95.6 Å². The molecule has 0 aromatic heterocycles. The zero-order valence-electron chi connectivity index (χ0n) is 19.2. The van der Waals surface area contributed by atoms with E-state index in [4.69, 9.17) is 23.5 Å². The molecule has 33 heavy (non-hydrogen) atoms. The third-order valence-corrected chi connectivity index (χ3v) is 5.49. The lowest BCUT2D eigenvalue weighted by Crippen LogP contribution is -2.60. The molecular weight excluding hydrogens is 464 g/mol. The Morgan fingerprint density at radius 1 is 1.03 bits per heavy atom. The van der Waals surface area contributed by atoms with Gasteiger partial charge in [-0.15, -0.1) is 0 Å². The number of ether oxygens (including phenoxy) is 4. The van der Waals surface area contributed by atoms with E-state index in [-0.39, 0.29) is 13.2 Å². The highest BCUT2D eigenvalue weighted by atomic mass is 32.3. The van der Waals surface area contributed by atoms with Crippen LogP contribution >= 0.6 is 0 Å². The number of carbonyl (C=O) groups is 1. The summed E-state index contributed by atoms with van der Waals surface area (Å²) in [5.41, 5.74) is 0. The monoisotopic (exact) mass is 502 g/mol. The lowest BCUT2D eigenvalue weighted by molar-refractivity contribution is -0.301. The first-order valence-corrected chi connectivity index (χ1v) is 12.6. The maximum atomic E-state index is 11.4. The summed E-state index contributed by atoms with van der Waals surface area (Å²) in [5, 5.41) is 29.7. The van der Waals surface area contributed by atoms with Crippen LogP contribution in [0.1, 0.15) is 58.8 Å². The van der Waals surface area contributed by atoms with Crippen LogP contribution in [-0.4, -0.2) is 97.5 Å². The Bertz CT molecular complexity index is 643. The normalized spacial score (nSPS) is 26.8. The van der Waals surface area contributed by atoms with E-state index in [1.54, 1.807) is 0 Å². The van der Waals surface area contributed by atoms with Crippen molar-refractivity contribution in [2.75, 3.05) is 26.4 Å². The highest BCUT2D eigenvalue weighted by Gasteiger charge is 2.47. The van der Waals surface area contributed by atoms with Crippen LogP contribution in [0.2, 0.25) is 0 Å². The number of hydrogen-bond acceptors (Lipinski definition) is 11. The summed E-state index contributed by atoms with van der Waals surface area (Å²) in [4.78, 5) is 11.4. The van der Waals surface area contributed by atoms with Crippen molar-refractivity contribution in [1.29, 1.82) is 0 Å². The third kappa shape index (κ3) is 12.4. The minimum atomic E-state index is -5.02. The van der Waals surface area contributed by atoms with Crippen molar-refractivity contribution in [2.24, 2.45) is 0 Å². The molecule has 6 atom stereocenters. The summed E-state index contributed by atoms with van der Waals surface area (Å²) < 4.78 is 56.6. The molecule has 1 heterocycles. The Morgan fingerprint density at radius 2 is 1.67 bits per heavy atom. The molecule has 1 saturated heterocycles. The maximum Gasteiger partial charge on any atom is 0.397 e. The van der Waals surface area contributed by atoms with Gasteiger partial charge in [0.2, 0.25) is 0 Å². The second-order valence-electron chi connectivity index (χ2n) is 7.96. The SMILES string of the molecule is CCCCCCCCCOCC(COC1OC(CO)C(O)C(OS(=O)(=O)O)C1O)OC(C)=O. The van der Waals surface area contributed by atoms with Gasteiger partial charge in [0.15, 0.2) is 6.29 Å². The van der Waals surface area contributed by atoms with Gasteiger partial charge in [0.05, 0.1) is 19.8 Å². The van der Waals surface area contributed by atoms with Crippen LogP contribution in [0, 0.1) is 0 Å². The maximum absolute atomic E-state index is 11.4. The second-order valence-corrected chi connectivity index (χ2v) is 9.00. The van der Waals surface area contributed by atoms with Crippen LogP contribution < -0.4 is 0 Å². The minimum Gasteiger partial charge on any atom is -0.458 e. The van der Waals surface area contributed by atoms with E-state index < -0.39 is 59.8 Å². The summed E-state index contributed by atoms with van der Waals surface area (Å²) in [6.07, 6.45) is -1.34. The number of aliphatic hydroxyl groups is 3. The van der Waals surface area contributed by atoms with E-state index in [1.807, 2.05) is 0 Å². The molecule has 4 N–H and O–H groups in total. The zero-order chi connectivity index (χ0) is 24.9. The van der Waals surface area contributed by atoms with Crippen LogP contribution in [0.25, 0.3) is 0 Å². The molecule has 0 bridgehead atoms. The predicted molar refractivity (Wildman–Crippen MR) is 115 cm³/mol. The number of hydrogen-bond donors (Lipinski definition) is 4. The van der Waals surface area contributed by atoms with Crippen molar-refractivity contribution in [3.8, 4) is 0 Å². The Morgan fingerprint density at radius 3 is 2.24 bits per heavy atom. The first-order valence-electron chi connectivity index (χ1n) is 11.2. The highest BCUT2D eigenvalue weighted by molar-refractivity contribution is 7.80.